The largest absolute Gasteiger partial charge is 0.348 e. The van der Waals surface area contributed by atoms with Crippen molar-refractivity contribution in [1.29, 1.82) is 0 Å². The molecule has 0 radical (unpaired) electrons. The van der Waals surface area contributed by atoms with Gasteiger partial charge >= 0.3 is 0 Å². The quantitative estimate of drug-likeness (QED) is 0.798. The van der Waals surface area contributed by atoms with Crippen molar-refractivity contribution in [3.63, 3.8) is 0 Å². The number of amides is 1. The van der Waals surface area contributed by atoms with Gasteiger partial charge in [0, 0.05) is 19.5 Å². The van der Waals surface area contributed by atoms with Crippen molar-refractivity contribution >= 4 is 24.1 Å². The fourth-order valence-electron chi connectivity index (χ4n) is 4.00. The summed E-state index contributed by atoms with van der Waals surface area (Å²) in [6.45, 7) is 6.86. The second kappa shape index (κ2) is 5.30. The van der Waals surface area contributed by atoms with Crippen LogP contribution in [0.3, 0.4) is 0 Å². The van der Waals surface area contributed by atoms with Crippen LogP contribution in [0.4, 0.5) is 0 Å². The standard InChI is InChI=1S/C15H26N2O2.ClH/c1-14(2)10-7-8-15(14,3)13(19)12(10)17(6)9-11(18)16(4)5;/h10,12H,7-9H2,1-6H3;1H. The van der Waals surface area contributed by atoms with E-state index in [4.69, 9.17) is 0 Å². The lowest BCUT2D eigenvalue weighted by Gasteiger charge is -2.32. The third-order valence-electron chi connectivity index (χ3n) is 5.86. The van der Waals surface area contributed by atoms with Gasteiger partial charge in [-0.05, 0) is 31.2 Å². The van der Waals surface area contributed by atoms with Gasteiger partial charge in [0.2, 0.25) is 5.91 Å². The molecule has 0 N–H and O–H groups in total. The first-order valence-corrected chi connectivity index (χ1v) is 7.07. The lowest BCUT2D eigenvalue weighted by atomic mass is 9.70. The number of halogens is 1. The molecule has 2 rings (SSSR count). The molecule has 3 unspecified atom stereocenters. The van der Waals surface area contributed by atoms with Crippen molar-refractivity contribution in [3.05, 3.63) is 0 Å². The van der Waals surface area contributed by atoms with Crippen LogP contribution in [0.5, 0.6) is 0 Å². The fraction of sp³-hybridized carbons (Fsp3) is 0.867. The number of Topliss-reactive ketones (excluding diaryl/α,β-unsaturated/α-hetero) is 1. The summed E-state index contributed by atoms with van der Waals surface area (Å²) in [6, 6.07) is -0.0855. The van der Waals surface area contributed by atoms with Gasteiger partial charge < -0.3 is 4.90 Å². The van der Waals surface area contributed by atoms with Crippen molar-refractivity contribution in [3.8, 4) is 0 Å². The van der Waals surface area contributed by atoms with E-state index in [1.54, 1.807) is 19.0 Å². The highest BCUT2D eigenvalue weighted by Gasteiger charge is 2.66. The van der Waals surface area contributed by atoms with E-state index in [0.717, 1.165) is 12.8 Å². The van der Waals surface area contributed by atoms with E-state index >= 15 is 0 Å². The van der Waals surface area contributed by atoms with Gasteiger partial charge in [-0.1, -0.05) is 20.8 Å². The second-order valence-corrected chi connectivity index (χ2v) is 7.21. The SMILES string of the molecule is CN(C)C(=O)CN(C)C1C(=O)C2(C)CCC1C2(C)C.Cl. The summed E-state index contributed by atoms with van der Waals surface area (Å²) in [7, 11) is 5.41. The van der Waals surface area contributed by atoms with Crippen LogP contribution in [0.1, 0.15) is 33.6 Å². The Morgan fingerprint density at radius 1 is 1.25 bits per heavy atom. The zero-order valence-corrected chi connectivity index (χ0v) is 14.2. The van der Waals surface area contributed by atoms with Gasteiger partial charge in [0.25, 0.3) is 0 Å². The Kier molecular flexibility index (Phi) is 4.62. The maximum Gasteiger partial charge on any atom is 0.236 e. The number of carbonyl (C=O) groups is 2. The summed E-state index contributed by atoms with van der Waals surface area (Å²) in [5.41, 5.74) is -0.165. The zero-order valence-electron chi connectivity index (χ0n) is 13.4. The predicted molar refractivity (Wildman–Crippen MR) is 82.0 cm³/mol. The molecule has 0 aliphatic heterocycles. The van der Waals surface area contributed by atoms with Crippen LogP contribution < -0.4 is 0 Å². The van der Waals surface area contributed by atoms with Gasteiger partial charge in [-0.25, -0.2) is 0 Å². The van der Waals surface area contributed by atoms with E-state index in [2.05, 4.69) is 20.8 Å². The molecule has 2 saturated carbocycles. The number of carbonyl (C=O) groups excluding carboxylic acids is 2. The number of likely N-dealkylation sites (N-methyl/N-ethyl adjacent to an activating group) is 2. The van der Waals surface area contributed by atoms with Crippen molar-refractivity contribution in [2.45, 2.75) is 39.7 Å². The Labute approximate surface area is 128 Å². The van der Waals surface area contributed by atoms with Gasteiger partial charge in [0.1, 0.15) is 0 Å². The van der Waals surface area contributed by atoms with Gasteiger partial charge in [0.15, 0.2) is 5.78 Å². The fourth-order valence-corrected chi connectivity index (χ4v) is 4.00. The monoisotopic (exact) mass is 302 g/mol. The molecule has 0 aromatic heterocycles. The van der Waals surface area contributed by atoms with E-state index in [1.165, 1.54) is 0 Å². The van der Waals surface area contributed by atoms with Gasteiger partial charge in [-0.2, -0.15) is 0 Å². The Hall–Kier alpha value is -0.610. The Morgan fingerprint density at radius 3 is 2.20 bits per heavy atom. The number of nitrogens with zero attached hydrogens (tertiary/aromatic N) is 2. The molecule has 116 valence electrons. The number of fused-ring (bicyclic) bond motifs is 2. The summed E-state index contributed by atoms with van der Waals surface area (Å²) in [4.78, 5) is 28.1. The molecule has 0 aromatic rings. The van der Waals surface area contributed by atoms with Crippen LogP contribution in [-0.4, -0.2) is 55.2 Å². The molecule has 0 saturated heterocycles. The van der Waals surface area contributed by atoms with Crippen LogP contribution in [0.25, 0.3) is 0 Å². The van der Waals surface area contributed by atoms with Crippen molar-refractivity contribution < 1.29 is 9.59 Å². The number of ketones is 1. The maximum absolute atomic E-state index is 12.7. The normalized spacial score (nSPS) is 34.2. The summed E-state index contributed by atoms with van der Waals surface area (Å²) in [5, 5.41) is 0. The third kappa shape index (κ3) is 2.17. The molecular weight excluding hydrogens is 276 g/mol. The highest BCUT2D eigenvalue weighted by molar-refractivity contribution is 5.94. The van der Waals surface area contributed by atoms with E-state index in [0.29, 0.717) is 18.2 Å². The first-order chi connectivity index (χ1) is 8.63. The summed E-state index contributed by atoms with van der Waals surface area (Å²) in [6.07, 6.45) is 2.09. The van der Waals surface area contributed by atoms with E-state index in [9.17, 15) is 9.59 Å². The zero-order chi connectivity index (χ0) is 14.6. The van der Waals surface area contributed by atoms with E-state index in [-0.39, 0.29) is 35.2 Å². The van der Waals surface area contributed by atoms with Gasteiger partial charge in [-0.3, -0.25) is 14.5 Å². The first-order valence-electron chi connectivity index (χ1n) is 7.07. The van der Waals surface area contributed by atoms with Crippen LogP contribution in [0.15, 0.2) is 0 Å². The minimum Gasteiger partial charge on any atom is -0.348 e. The van der Waals surface area contributed by atoms with E-state index in [1.807, 2.05) is 11.9 Å². The first kappa shape index (κ1) is 17.4. The highest BCUT2D eigenvalue weighted by atomic mass is 35.5. The third-order valence-corrected chi connectivity index (χ3v) is 5.86. The molecule has 1 amide bonds. The summed E-state index contributed by atoms with van der Waals surface area (Å²) < 4.78 is 0. The molecule has 5 heteroatoms. The molecular formula is C15H27ClN2O2. The predicted octanol–water partition coefficient (Wildman–Crippen LogP) is 1.82. The molecule has 2 fully saturated rings. The molecule has 20 heavy (non-hydrogen) atoms. The molecule has 2 aliphatic rings. The molecule has 0 heterocycles. The average Bonchev–Trinajstić information content (AvgIpc) is 2.60. The summed E-state index contributed by atoms with van der Waals surface area (Å²) >= 11 is 0. The smallest absolute Gasteiger partial charge is 0.236 e. The van der Waals surface area contributed by atoms with Crippen LogP contribution in [0, 0.1) is 16.7 Å². The summed E-state index contributed by atoms with van der Waals surface area (Å²) in [5.74, 6) is 0.772. The maximum atomic E-state index is 12.7. The Balaban J connectivity index is 0.00000200. The topological polar surface area (TPSA) is 40.6 Å². The number of hydrogen-bond acceptors (Lipinski definition) is 3. The molecule has 3 atom stereocenters. The Bertz CT molecular complexity index is 422. The number of hydrogen-bond donors (Lipinski definition) is 0. The highest BCUT2D eigenvalue weighted by Crippen LogP contribution is 2.64. The molecule has 0 aromatic carbocycles. The molecule has 4 nitrogen and oxygen atoms in total. The van der Waals surface area contributed by atoms with Gasteiger partial charge in [-0.15, -0.1) is 12.4 Å². The lowest BCUT2D eigenvalue weighted by Crippen LogP contribution is -2.48. The molecule has 2 aliphatic carbocycles. The van der Waals surface area contributed by atoms with Gasteiger partial charge in [0.05, 0.1) is 12.6 Å². The van der Waals surface area contributed by atoms with E-state index < -0.39 is 0 Å². The second-order valence-electron chi connectivity index (χ2n) is 7.21. The van der Waals surface area contributed by atoms with Crippen molar-refractivity contribution in [1.82, 2.24) is 9.80 Å². The minimum atomic E-state index is -0.211. The van der Waals surface area contributed by atoms with Crippen molar-refractivity contribution in [2.24, 2.45) is 16.7 Å². The number of rotatable bonds is 3. The molecule has 2 bridgehead atoms. The molecule has 0 spiro atoms. The average molecular weight is 303 g/mol. The van der Waals surface area contributed by atoms with Crippen molar-refractivity contribution in [2.75, 3.05) is 27.7 Å². The van der Waals surface area contributed by atoms with Crippen LogP contribution in [-0.2, 0) is 9.59 Å². The minimum absolute atomic E-state index is 0. The van der Waals surface area contributed by atoms with Crippen LogP contribution >= 0.6 is 12.4 Å². The van der Waals surface area contributed by atoms with Crippen LogP contribution in [0.2, 0.25) is 0 Å². The lowest BCUT2D eigenvalue weighted by molar-refractivity contribution is -0.135. The Morgan fingerprint density at radius 2 is 1.80 bits per heavy atom.